The van der Waals surface area contributed by atoms with Crippen LogP contribution in [0.25, 0.3) is 0 Å². The Morgan fingerprint density at radius 1 is 1.19 bits per heavy atom. The Kier molecular flexibility index (Phi) is 7.53. The number of ether oxygens (including phenoxy) is 1. The average Bonchev–Trinajstić information content (AvgIpc) is 2.82. The molecule has 1 aromatic rings. The summed E-state index contributed by atoms with van der Waals surface area (Å²) in [7, 11) is -4.59. The largest absolute Gasteiger partial charge is 0.414 e. The fourth-order valence-corrected chi connectivity index (χ4v) is 5.60. The minimum absolute atomic E-state index is 0.0353. The van der Waals surface area contributed by atoms with Crippen molar-refractivity contribution in [3.8, 4) is 0 Å². The highest BCUT2D eigenvalue weighted by Gasteiger charge is 2.61. The van der Waals surface area contributed by atoms with Gasteiger partial charge in [0.2, 0.25) is 0 Å². The van der Waals surface area contributed by atoms with Crippen LogP contribution in [0.2, 0.25) is 36.3 Å². The summed E-state index contributed by atoms with van der Waals surface area (Å²) in [6.07, 6.45) is -2.00. The molecule has 0 radical (unpaired) electrons. The molecule has 0 unspecified atom stereocenters. The highest BCUT2D eigenvalue weighted by Crippen LogP contribution is 2.49. The SMILES string of the molecule is CC(C)(C)[Si](C)(C)OC[C@H]1O[C@@H](n2ccc(N)nc2=O)[C@@](F)(Cl)[C@@H]1O[Si](C)(C)C(C)(C)C. The predicted molar refractivity (Wildman–Crippen MR) is 132 cm³/mol. The molecular formula is C21H39ClFN3O4Si2. The summed E-state index contributed by atoms with van der Waals surface area (Å²) in [5, 5.41) is -2.71. The van der Waals surface area contributed by atoms with Crippen LogP contribution < -0.4 is 11.4 Å². The number of nitrogens with zero attached hydrogens (tertiary/aromatic N) is 2. The molecule has 2 N–H and O–H groups in total. The summed E-state index contributed by atoms with van der Waals surface area (Å²) in [5.74, 6) is 0.0372. The Morgan fingerprint density at radius 3 is 2.19 bits per heavy atom. The van der Waals surface area contributed by atoms with Crippen molar-refractivity contribution in [1.82, 2.24) is 9.55 Å². The molecule has 0 amide bonds. The Labute approximate surface area is 198 Å². The lowest BCUT2D eigenvalue weighted by molar-refractivity contribution is -0.0488. The molecule has 0 spiro atoms. The van der Waals surface area contributed by atoms with Crippen LogP contribution >= 0.6 is 11.6 Å². The number of hydrogen-bond donors (Lipinski definition) is 1. The second-order valence-corrected chi connectivity index (χ2v) is 21.8. The van der Waals surface area contributed by atoms with Gasteiger partial charge in [-0.3, -0.25) is 4.57 Å². The van der Waals surface area contributed by atoms with Crippen molar-refractivity contribution >= 4 is 34.1 Å². The van der Waals surface area contributed by atoms with Crippen LogP contribution in [-0.4, -0.2) is 50.1 Å². The second-order valence-electron chi connectivity index (χ2n) is 11.6. The van der Waals surface area contributed by atoms with E-state index in [-0.39, 0.29) is 22.5 Å². The van der Waals surface area contributed by atoms with E-state index in [1.165, 1.54) is 12.3 Å². The van der Waals surface area contributed by atoms with Crippen LogP contribution in [-0.2, 0) is 13.6 Å². The van der Waals surface area contributed by atoms with Gasteiger partial charge in [-0.15, -0.1) is 0 Å². The van der Waals surface area contributed by atoms with Gasteiger partial charge in [0.05, 0.1) is 6.61 Å². The molecule has 1 aliphatic rings. The summed E-state index contributed by atoms with van der Waals surface area (Å²) in [6.45, 7) is 21.0. The fourth-order valence-electron chi connectivity index (χ4n) is 2.85. The third kappa shape index (κ3) is 5.47. The summed E-state index contributed by atoms with van der Waals surface area (Å²) in [6, 6.07) is 1.40. The molecule has 1 aromatic heterocycles. The van der Waals surface area contributed by atoms with Crippen molar-refractivity contribution in [3.63, 3.8) is 0 Å². The number of nitrogens with two attached hydrogens (primary N) is 1. The molecule has 4 atom stereocenters. The standard InChI is InChI=1S/C21H39ClFN3O4Si2/c1-19(2,3)31(7,8)28-13-14-16(30-32(9,10)20(4,5)6)21(22,23)17(29-14)26-12-11-15(24)25-18(26)27/h11-12,14,16-17H,13H2,1-10H3,(H2,24,25,27)/t14-,16-,17-,21-/m1/s1. The van der Waals surface area contributed by atoms with Crippen molar-refractivity contribution in [2.45, 2.75) is 101 Å². The molecule has 0 saturated carbocycles. The van der Waals surface area contributed by atoms with Crippen molar-refractivity contribution < 1.29 is 18.0 Å². The molecule has 184 valence electrons. The number of hydrogen-bond acceptors (Lipinski definition) is 6. The van der Waals surface area contributed by atoms with E-state index in [2.05, 4.69) is 59.6 Å². The highest BCUT2D eigenvalue weighted by molar-refractivity contribution is 6.74. The molecule has 11 heteroatoms. The van der Waals surface area contributed by atoms with Crippen LogP contribution in [0.5, 0.6) is 0 Å². The molecule has 2 rings (SSSR count). The van der Waals surface area contributed by atoms with Crippen molar-refractivity contribution in [2.75, 3.05) is 12.3 Å². The number of aromatic nitrogens is 2. The molecule has 1 aliphatic heterocycles. The third-order valence-corrected chi connectivity index (χ3v) is 16.5. The topological polar surface area (TPSA) is 88.6 Å². The van der Waals surface area contributed by atoms with Crippen molar-refractivity contribution in [1.29, 1.82) is 0 Å². The Morgan fingerprint density at radius 2 is 1.72 bits per heavy atom. The molecule has 0 aromatic carbocycles. The molecule has 7 nitrogen and oxygen atoms in total. The zero-order valence-corrected chi connectivity index (χ0v) is 23.7. The minimum Gasteiger partial charge on any atom is -0.414 e. The first-order chi connectivity index (χ1) is 14.2. The molecular weight excluding hydrogens is 469 g/mol. The monoisotopic (exact) mass is 507 g/mol. The van der Waals surface area contributed by atoms with Crippen LogP contribution in [0.3, 0.4) is 0 Å². The van der Waals surface area contributed by atoms with E-state index in [9.17, 15) is 4.79 Å². The van der Waals surface area contributed by atoms with E-state index in [0.29, 0.717) is 0 Å². The number of alkyl halides is 2. The number of halogens is 2. The summed E-state index contributed by atoms with van der Waals surface area (Å²) < 4.78 is 36.0. The number of anilines is 1. The fraction of sp³-hybridized carbons (Fsp3) is 0.810. The highest BCUT2D eigenvalue weighted by atomic mass is 35.5. The normalized spacial score (nSPS) is 27.7. The summed E-state index contributed by atoms with van der Waals surface area (Å²) in [4.78, 5) is 16.1. The lowest BCUT2D eigenvalue weighted by Gasteiger charge is -2.41. The maximum Gasteiger partial charge on any atom is 0.351 e. The van der Waals surface area contributed by atoms with Gasteiger partial charge in [-0.2, -0.15) is 4.98 Å². The van der Waals surface area contributed by atoms with Crippen LogP contribution in [0.1, 0.15) is 47.8 Å². The zero-order chi connectivity index (χ0) is 24.9. The Balaban J connectivity index is 2.45. The smallest absolute Gasteiger partial charge is 0.351 e. The second kappa shape index (κ2) is 8.77. The molecule has 0 aliphatic carbocycles. The first kappa shape index (κ1) is 27.5. The van der Waals surface area contributed by atoms with Crippen molar-refractivity contribution in [2.24, 2.45) is 0 Å². The summed E-state index contributed by atoms with van der Waals surface area (Å²) in [5.41, 5.74) is 4.85. The molecule has 1 fully saturated rings. The van der Waals surface area contributed by atoms with Crippen LogP contribution in [0.15, 0.2) is 17.1 Å². The Hall–Kier alpha value is -0.786. The molecule has 0 bridgehead atoms. The van der Waals surface area contributed by atoms with Gasteiger partial charge in [-0.05, 0) is 42.3 Å². The van der Waals surface area contributed by atoms with Gasteiger partial charge in [0, 0.05) is 6.20 Å². The summed E-state index contributed by atoms with van der Waals surface area (Å²) >= 11 is 6.48. The first-order valence-corrected chi connectivity index (χ1v) is 17.1. The van der Waals surface area contributed by atoms with Gasteiger partial charge in [0.1, 0.15) is 18.0 Å². The zero-order valence-electron chi connectivity index (χ0n) is 21.0. The maximum atomic E-state index is 16.2. The van der Waals surface area contributed by atoms with Gasteiger partial charge in [0.25, 0.3) is 5.13 Å². The lowest BCUT2D eigenvalue weighted by Crippen LogP contribution is -2.53. The van der Waals surface area contributed by atoms with E-state index >= 15 is 4.39 Å². The van der Waals surface area contributed by atoms with E-state index in [1.54, 1.807) is 0 Å². The third-order valence-electron chi connectivity index (χ3n) is 7.10. The average molecular weight is 508 g/mol. The Bertz CT molecular complexity index is 881. The van der Waals surface area contributed by atoms with Crippen molar-refractivity contribution in [3.05, 3.63) is 22.7 Å². The van der Waals surface area contributed by atoms with E-state index < -0.39 is 45.9 Å². The van der Waals surface area contributed by atoms with Gasteiger partial charge in [0.15, 0.2) is 22.9 Å². The van der Waals surface area contributed by atoms with Gasteiger partial charge < -0.3 is 19.3 Å². The molecule has 2 heterocycles. The number of rotatable bonds is 6. The van der Waals surface area contributed by atoms with Gasteiger partial charge in [-0.25, -0.2) is 9.18 Å². The van der Waals surface area contributed by atoms with E-state index in [4.69, 9.17) is 30.9 Å². The van der Waals surface area contributed by atoms with Crippen LogP contribution in [0, 0.1) is 0 Å². The van der Waals surface area contributed by atoms with Gasteiger partial charge >= 0.3 is 5.69 Å². The quantitative estimate of drug-likeness (QED) is 0.428. The maximum absolute atomic E-state index is 16.2. The van der Waals surface area contributed by atoms with E-state index in [1.807, 2.05) is 13.1 Å². The molecule has 32 heavy (non-hydrogen) atoms. The minimum atomic E-state index is -2.50. The molecule has 1 saturated heterocycles. The van der Waals surface area contributed by atoms with Crippen LogP contribution in [0.4, 0.5) is 10.2 Å². The number of nitrogen functional groups attached to an aromatic ring is 1. The lowest BCUT2D eigenvalue weighted by atomic mass is 10.1. The van der Waals surface area contributed by atoms with Gasteiger partial charge in [-0.1, -0.05) is 53.1 Å². The first-order valence-electron chi connectivity index (χ1n) is 10.9. The predicted octanol–water partition coefficient (Wildman–Crippen LogP) is 5.04. The van der Waals surface area contributed by atoms with E-state index in [0.717, 1.165) is 4.57 Å².